The first kappa shape index (κ1) is 13.1. The van der Waals surface area contributed by atoms with E-state index in [-0.39, 0.29) is 0 Å². The Balaban J connectivity index is 1.92. The van der Waals surface area contributed by atoms with Crippen LogP contribution in [0, 0.1) is 0 Å². The molecule has 0 aliphatic carbocycles. The van der Waals surface area contributed by atoms with Gasteiger partial charge in [-0.15, -0.1) is 0 Å². The Morgan fingerprint density at radius 2 is 2.24 bits per heavy atom. The Kier molecular flexibility index (Phi) is 3.50. The number of aromatic nitrogens is 5. The number of hydrogen-bond donors (Lipinski definition) is 1. The molecule has 0 aliphatic heterocycles. The average molecular weight is 285 g/mol. The largest absolute Gasteiger partial charge is 0.467 e. The number of rotatable bonds is 5. The zero-order chi connectivity index (χ0) is 14.7. The second-order valence-corrected chi connectivity index (χ2v) is 4.41. The number of anilines is 2. The lowest BCUT2D eigenvalue weighted by molar-refractivity contribution is 0.506. The molecular weight excluding hydrogens is 270 g/mol. The third kappa shape index (κ3) is 2.83. The normalized spacial score (nSPS) is 10.6. The van der Waals surface area contributed by atoms with E-state index in [1.807, 2.05) is 24.1 Å². The van der Waals surface area contributed by atoms with E-state index >= 15 is 0 Å². The van der Waals surface area contributed by atoms with Crippen molar-refractivity contribution in [3.63, 3.8) is 0 Å². The minimum Gasteiger partial charge on any atom is -0.467 e. The molecule has 1 N–H and O–H groups in total. The second kappa shape index (κ2) is 5.61. The standard InChI is InChI=1S/C13H15N7O/c1-14-11-16-12(19(2)8-10-4-3-7-21-10)18-13(17-11)20-6-5-15-9-20/h3-7,9H,8H2,1-2H3,(H,14,16,17,18). The maximum atomic E-state index is 5.34. The first-order valence-corrected chi connectivity index (χ1v) is 6.42. The van der Waals surface area contributed by atoms with E-state index in [9.17, 15) is 0 Å². The van der Waals surface area contributed by atoms with Crippen molar-refractivity contribution < 1.29 is 4.42 Å². The van der Waals surface area contributed by atoms with Crippen LogP contribution in [0.3, 0.4) is 0 Å². The molecule has 0 bridgehead atoms. The van der Waals surface area contributed by atoms with Crippen LogP contribution in [0.2, 0.25) is 0 Å². The maximum Gasteiger partial charge on any atom is 0.241 e. The fraction of sp³-hybridized carbons (Fsp3) is 0.231. The van der Waals surface area contributed by atoms with Crippen molar-refractivity contribution in [1.82, 2.24) is 24.5 Å². The fourth-order valence-electron chi connectivity index (χ4n) is 1.84. The summed E-state index contributed by atoms with van der Waals surface area (Å²) in [6, 6.07) is 3.76. The molecule has 0 radical (unpaired) electrons. The van der Waals surface area contributed by atoms with Crippen LogP contribution < -0.4 is 10.2 Å². The van der Waals surface area contributed by atoms with E-state index in [1.165, 1.54) is 0 Å². The summed E-state index contributed by atoms with van der Waals surface area (Å²) in [5.41, 5.74) is 0. The summed E-state index contributed by atoms with van der Waals surface area (Å²) in [6.45, 7) is 0.573. The van der Waals surface area contributed by atoms with Crippen molar-refractivity contribution in [3.05, 3.63) is 42.9 Å². The lowest BCUT2D eigenvalue weighted by atomic mass is 10.4. The predicted octanol–water partition coefficient (Wildman–Crippen LogP) is 1.33. The van der Waals surface area contributed by atoms with Crippen molar-refractivity contribution in [2.75, 3.05) is 24.3 Å². The van der Waals surface area contributed by atoms with Gasteiger partial charge in [-0.25, -0.2) is 4.98 Å². The van der Waals surface area contributed by atoms with Crippen LogP contribution in [-0.2, 0) is 6.54 Å². The molecule has 8 nitrogen and oxygen atoms in total. The van der Waals surface area contributed by atoms with Gasteiger partial charge in [-0.3, -0.25) is 4.57 Å². The van der Waals surface area contributed by atoms with Crippen LogP contribution in [0.5, 0.6) is 0 Å². The number of furan rings is 1. The summed E-state index contributed by atoms with van der Waals surface area (Å²) < 4.78 is 7.07. The van der Waals surface area contributed by atoms with Gasteiger partial charge in [0.1, 0.15) is 12.1 Å². The summed E-state index contributed by atoms with van der Waals surface area (Å²) in [4.78, 5) is 19.0. The minimum absolute atomic E-state index is 0.495. The average Bonchev–Trinajstić information content (AvgIpc) is 3.20. The molecule has 21 heavy (non-hydrogen) atoms. The van der Waals surface area contributed by atoms with Crippen LogP contribution in [0.25, 0.3) is 5.95 Å². The van der Waals surface area contributed by atoms with E-state index in [0.717, 1.165) is 5.76 Å². The zero-order valence-electron chi connectivity index (χ0n) is 11.8. The Labute approximate surface area is 121 Å². The van der Waals surface area contributed by atoms with Gasteiger partial charge < -0.3 is 14.6 Å². The Morgan fingerprint density at radius 3 is 2.90 bits per heavy atom. The number of imidazole rings is 1. The molecular formula is C13H15N7O. The van der Waals surface area contributed by atoms with E-state index in [2.05, 4.69) is 25.3 Å². The van der Waals surface area contributed by atoms with Crippen molar-refractivity contribution in [1.29, 1.82) is 0 Å². The van der Waals surface area contributed by atoms with Gasteiger partial charge in [-0.05, 0) is 12.1 Å². The molecule has 0 atom stereocenters. The molecule has 3 rings (SSSR count). The Bertz CT molecular complexity index is 693. The van der Waals surface area contributed by atoms with Crippen LogP contribution in [0.4, 0.5) is 11.9 Å². The molecule has 0 fully saturated rings. The van der Waals surface area contributed by atoms with Crippen molar-refractivity contribution in [2.24, 2.45) is 0 Å². The SMILES string of the molecule is CNc1nc(N(C)Cc2ccco2)nc(-n2ccnc2)n1. The third-order valence-corrected chi connectivity index (χ3v) is 2.89. The molecule has 3 heterocycles. The van der Waals surface area contributed by atoms with Crippen LogP contribution in [-0.4, -0.2) is 38.6 Å². The van der Waals surface area contributed by atoms with Gasteiger partial charge in [0.15, 0.2) is 0 Å². The van der Waals surface area contributed by atoms with Crippen LogP contribution >= 0.6 is 0 Å². The van der Waals surface area contributed by atoms with E-state index in [0.29, 0.717) is 24.4 Å². The smallest absolute Gasteiger partial charge is 0.241 e. The lowest BCUT2D eigenvalue weighted by Crippen LogP contribution is -2.21. The number of nitrogens with zero attached hydrogens (tertiary/aromatic N) is 6. The van der Waals surface area contributed by atoms with Gasteiger partial charge >= 0.3 is 0 Å². The third-order valence-electron chi connectivity index (χ3n) is 2.89. The van der Waals surface area contributed by atoms with Gasteiger partial charge in [0.05, 0.1) is 12.8 Å². The first-order valence-electron chi connectivity index (χ1n) is 6.42. The van der Waals surface area contributed by atoms with Crippen molar-refractivity contribution in [2.45, 2.75) is 6.54 Å². The van der Waals surface area contributed by atoms with Crippen LogP contribution in [0.1, 0.15) is 5.76 Å². The van der Waals surface area contributed by atoms with Crippen molar-refractivity contribution in [3.8, 4) is 5.95 Å². The second-order valence-electron chi connectivity index (χ2n) is 4.41. The van der Waals surface area contributed by atoms with Gasteiger partial charge in [0.25, 0.3) is 0 Å². The molecule has 108 valence electrons. The molecule has 3 aromatic rings. The molecule has 8 heteroatoms. The minimum atomic E-state index is 0.495. The number of hydrogen-bond acceptors (Lipinski definition) is 7. The summed E-state index contributed by atoms with van der Waals surface area (Å²) in [6.07, 6.45) is 6.75. The zero-order valence-corrected chi connectivity index (χ0v) is 11.8. The molecule has 0 amide bonds. The first-order chi connectivity index (χ1) is 10.3. The molecule has 0 aliphatic rings. The van der Waals surface area contributed by atoms with Gasteiger partial charge in [-0.1, -0.05) is 0 Å². The highest BCUT2D eigenvalue weighted by Gasteiger charge is 2.12. The van der Waals surface area contributed by atoms with E-state index in [4.69, 9.17) is 4.42 Å². The predicted molar refractivity (Wildman–Crippen MR) is 77.3 cm³/mol. The summed E-state index contributed by atoms with van der Waals surface area (Å²) in [5.74, 6) is 2.39. The summed E-state index contributed by atoms with van der Waals surface area (Å²) in [5, 5.41) is 2.94. The summed E-state index contributed by atoms with van der Waals surface area (Å²) >= 11 is 0. The Morgan fingerprint density at radius 1 is 1.33 bits per heavy atom. The molecule has 0 aromatic carbocycles. The highest BCUT2D eigenvalue weighted by atomic mass is 16.3. The lowest BCUT2D eigenvalue weighted by Gasteiger charge is -2.16. The van der Waals surface area contributed by atoms with Gasteiger partial charge in [0.2, 0.25) is 17.8 Å². The quantitative estimate of drug-likeness (QED) is 0.756. The van der Waals surface area contributed by atoms with Gasteiger partial charge in [0, 0.05) is 26.5 Å². The topological polar surface area (TPSA) is 84.9 Å². The van der Waals surface area contributed by atoms with E-state index < -0.39 is 0 Å². The highest BCUT2D eigenvalue weighted by Crippen LogP contribution is 2.14. The monoisotopic (exact) mass is 285 g/mol. The van der Waals surface area contributed by atoms with Gasteiger partial charge in [-0.2, -0.15) is 15.0 Å². The molecule has 3 aromatic heterocycles. The van der Waals surface area contributed by atoms with Crippen LogP contribution in [0.15, 0.2) is 41.5 Å². The number of nitrogens with one attached hydrogen (secondary N) is 1. The van der Waals surface area contributed by atoms with E-state index in [1.54, 1.807) is 36.6 Å². The fourth-order valence-corrected chi connectivity index (χ4v) is 1.84. The van der Waals surface area contributed by atoms with Crippen molar-refractivity contribution >= 4 is 11.9 Å². The molecule has 0 unspecified atom stereocenters. The summed E-state index contributed by atoms with van der Waals surface area (Å²) in [7, 11) is 3.66. The molecule has 0 saturated heterocycles. The maximum absolute atomic E-state index is 5.34. The highest BCUT2D eigenvalue weighted by molar-refractivity contribution is 5.39. The Hall–Kier alpha value is -2.90. The molecule has 0 saturated carbocycles. The molecule has 0 spiro atoms.